The molecule has 19 heavy (non-hydrogen) atoms. The minimum atomic E-state index is -0.653. The minimum Gasteiger partial charge on any atom is -0.481 e. The molecular weight excluding hydrogens is 238 g/mol. The Morgan fingerprint density at radius 2 is 1.89 bits per heavy atom. The first-order chi connectivity index (χ1) is 9.07. The number of carbonyl (C=O) groups is 1. The zero-order chi connectivity index (χ0) is 13.9. The molecule has 1 saturated heterocycles. The summed E-state index contributed by atoms with van der Waals surface area (Å²) in [5.41, 5.74) is 0.801. The number of hydrogen-bond acceptors (Lipinski definition) is 2. The fourth-order valence-electron chi connectivity index (χ4n) is 2.92. The van der Waals surface area contributed by atoms with Gasteiger partial charge in [-0.1, -0.05) is 37.3 Å². The number of likely N-dealkylation sites (tertiary alicyclic amines) is 1. The van der Waals surface area contributed by atoms with Crippen LogP contribution in [-0.4, -0.2) is 29.1 Å². The largest absolute Gasteiger partial charge is 0.481 e. The summed E-state index contributed by atoms with van der Waals surface area (Å²) in [6, 6.07) is 10.9. The molecule has 0 radical (unpaired) electrons. The summed E-state index contributed by atoms with van der Waals surface area (Å²) in [7, 11) is 0. The van der Waals surface area contributed by atoms with Crippen LogP contribution in [0.4, 0.5) is 0 Å². The van der Waals surface area contributed by atoms with Crippen molar-refractivity contribution in [3.8, 4) is 0 Å². The molecule has 0 aliphatic carbocycles. The summed E-state index contributed by atoms with van der Waals surface area (Å²) in [6.45, 7) is 5.81. The van der Waals surface area contributed by atoms with Crippen LogP contribution in [0.5, 0.6) is 0 Å². The van der Waals surface area contributed by atoms with Gasteiger partial charge in [0.2, 0.25) is 0 Å². The van der Waals surface area contributed by atoms with Crippen molar-refractivity contribution in [3.63, 3.8) is 0 Å². The highest BCUT2D eigenvalue weighted by atomic mass is 16.4. The highest BCUT2D eigenvalue weighted by Crippen LogP contribution is 2.35. The maximum atomic E-state index is 11.3. The summed E-state index contributed by atoms with van der Waals surface area (Å²) >= 11 is 0. The Balaban J connectivity index is 2.06. The topological polar surface area (TPSA) is 40.5 Å². The molecule has 0 saturated carbocycles. The average molecular weight is 261 g/mol. The lowest BCUT2D eigenvalue weighted by molar-refractivity contribution is -0.151. The second-order valence-electron chi connectivity index (χ2n) is 5.74. The van der Waals surface area contributed by atoms with Crippen molar-refractivity contribution in [1.82, 2.24) is 4.90 Å². The molecule has 3 heteroatoms. The van der Waals surface area contributed by atoms with Gasteiger partial charge in [0.15, 0.2) is 0 Å². The maximum absolute atomic E-state index is 11.3. The van der Waals surface area contributed by atoms with Crippen LogP contribution < -0.4 is 0 Å². The SMILES string of the molecule is CCC(c1ccccc1)N1CCC(C)(C(=O)O)CC1. The molecule has 0 amide bonds. The molecule has 2 rings (SSSR count). The number of hydrogen-bond donors (Lipinski definition) is 1. The van der Waals surface area contributed by atoms with E-state index in [4.69, 9.17) is 0 Å². The van der Waals surface area contributed by atoms with Crippen LogP contribution in [0.25, 0.3) is 0 Å². The van der Waals surface area contributed by atoms with Crippen LogP contribution in [0.1, 0.15) is 44.7 Å². The summed E-state index contributed by atoms with van der Waals surface area (Å²) < 4.78 is 0. The number of nitrogens with zero attached hydrogens (tertiary/aromatic N) is 1. The smallest absolute Gasteiger partial charge is 0.309 e. The average Bonchev–Trinajstić information content (AvgIpc) is 2.43. The Morgan fingerprint density at radius 1 is 1.32 bits per heavy atom. The maximum Gasteiger partial charge on any atom is 0.309 e. The third-order valence-electron chi connectivity index (χ3n) is 4.43. The highest BCUT2D eigenvalue weighted by molar-refractivity contribution is 5.74. The van der Waals surface area contributed by atoms with Crippen molar-refractivity contribution in [2.45, 2.75) is 39.2 Å². The first-order valence-electron chi connectivity index (χ1n) is 7.09. The fraction of sp³-hybridized carbons (Fsp3) is 0.562. The summed E-state index contributed by atoms with van der Waals surface area (Å²) in [6.07, 6.45) is 2.55. The van der Waals surface area contributed by atoms with Gasteiger partial charge < -0.3 is 5.11 Å². The predicted molar refractivity (Wildman–Crippen MR) is 76.0 cm³/mol. The lowest BCUT2D eigenvalue weighted by Crippen LogP contribution is -2.44. The van der Waals surface area contributed by atoms with Gasteiger partial charge in [-0.25, -0.2) is 0 Å². The monoisotopic (exact) mass is 261 g/mol. The Hall–Kier alpha value is -1.35. The third-order valence-corrected chi connectivity index (χ3v) is 4.43. The number of carboxylic acid groups (broad SMARTS) is 1. The molecule has 1 aliphatic rings. The lowest BCUT2D eigenvalue weighted by atomic mass is 9.80. The van der Waals surface area contributed by atoms with Gasteiger partial charge in [0, 0.05) is 6.04 Å². The van der Waals surface area contributed by atoms with Crippen LogP contribution in [0.2, 0.25) is 0 Å². The number of aliphatic carboxylic acids is 1. The van der Waals surface area contributed by atoms with E-state index in [-0.39, 0.29) is 0 Å². The minimum absolute atomic E-state index is 0.416. The first-order valence-corrected chi connectivity index (χ1v) is 7.09. The van der Waals surface area contributed by atoms with Gasteiger partial charge in [0.1, 0.15) is 0 Å². The Bertz CT molecular complexity index is 422. The van der Waals surface area contributed by atoms with Gasteiger partial charge in [-0.05, 0) is 44.8 Å². The van der Waals surface area contributed by atoms with Gasteiger partial charge in [-0.15, -0.1) is 0 Å². The number of carboxylic acids is 1. The molecule has 1 atom stereocenters. The molecule has 104 valence electrons. The van der Waals surface area contributed by atoms with E-state index < -0.39 is 11.4 Å². The summed E-state index contributed by atoms with van der Waals surface area (Å²) in [4.78, 5) is 13.7. The number of benzene rings is 1. The molecular formula is C16H23NO2. The van der Waals surface area contributed by atoms with E-state index in [2.05, 4.69) is 36.1 Å². The highest BCUT2D eigenvalue weighted by Gasteiger charge is 2.38. The molecule has 1 aromatic rings. The molecule has 1 aliphatic heterocycles. The van der Waals surface area contributed by atoms with Crippen molar-refractivity contribution in [2.75, 3.05) is 13.1 Å². The Labute approximate surface area is 115 Å². The van der Waals surface area contributed by atoms with E-state index in [9.17, 15) is 9.90 Å². The zero-order valence-electron chi connectivity index (χ0n) is 11.8. The number of piperidine rings is 1. The fourth-order valence-corrected chi connectivity index (χ4v) is 2.92. The summed E-state index contributed by atoms with van der Waals surface area (Å²) in [5, 5.41) is 9.28. The van der Waals surface area contributed by atoms with Crippen LogP contribution >= 0.6 is 0 Å². The van der Waals surface area contributed by atoms with Crippen LogP contribution in [0.15, 0.2) is 30.3 Å². The van der Waals surface area contributed by atoms with E-state index in [1.807, 2.05) is 13.0 Å². The second kappa shape index (κ2) is 5.74. The lowest BCUT2D eigenvalue weighted by Gasteiger charge is -2.40. The van der Waals surface area contributed by atoms with E-state index >= 15 is 0 Å². The van der Waals surface area contributed by atoms with Crippen LogP contribution in [-0.2, 0) is 4.79 Å². The molecule has 1 unspecified atom stereocenters. The standard InChI is InChI=1S/C16H23NO2/c1-3-14(13-7-5-4-6-8-13)17-11-9-16(2,10-12-17)15(18)19/h4-8,14H,3,9-12H2,1-2H3,(H,18,19). The normalized spacial score (nSPS) is 20.9. The first kappa shape index (κ1) is 14.1. The van der Waals surface area contributed by atoms with Gasteiger partial charge in [0.05, 0.1) is 5.41 Å². The van der Waals surface area contributed by atoms with E-state index in [0.29, 0.717) is 6.04 Å². The van der Waals surface area contributed by atoms with Crippen molar-refractivity contribution >= 4 is 5.97 Å². The van der Waals surface area contributed by atoms with Gasteiger partial charge in [-0.2, -0.15) is 0 Å². The van der Waals surface area contributed by atoms with Crippen molar-refractivity contribution < 1.29 is 9.90 Å². The van der Waals surface area contributed by atoms with E-state index in [1.165, 1.54) is 5.56 Å². The third kappa shape index (κ3) is 2.98. The molecule has 1 fully saturated rings. The molecule has 0 bridgehead atoms. The molecule has 3 nitrogen and oxygen atoms in total. The van der Waals surface area contributed by atoms with Gasteiger partial charge in [0.25, 0.3) is 0 Å². The summed E-state index contributed by atoms with van der Waals surface area (Å²) in [5.74, 6) is -0.653. The number of rotatable bonds is 4. The molecule has 1 aromatic carbocycles. The van der Waals surface area contributed by atoms with Crippen molar-refractivity contribution in [3.05, 3.63) is 35.9 Å². The van der Waals surface area contributed by atoms with Crippen LogP contribution in [0.3, 0.4) is 0 Å². The van der Waals surface area contributed by atoms with Gasteiger partial charge >= 0.3 is 5.97 Å². The van der Waals surface area contributed by atoms with Crippen molar-refractivity contribution in [1.29, 1.82) is 0 Å². The molecule has 0 aromatic heterocycles. The molecule has 1 heterocycles. The Kier molecular flexibility index (Phi) is 4.25. The zero-order valence-corrected chi connectivity index (χ0v) is 11.8. The second-order valence-corrected chi connectivity index (χ2v) is 5.74. The van der Waals surface area contributed by atoms with Crippen LogP contribution in [0, 0.1) is 5.41 Å². The predicted octanol–water partition coefficient (Wildman–Crippen LogP) is 3.32. The van der Waals surface area contributed by atoms with Crippen molar-refractivity contribution in [2.24, 2.45) is 5.41 Å². The quantitative estimate of drug-likeness (QED) is 0.903. The van der Waals surface area contributed by atoms with E-state index in [1.54, 1.807) is 0 Å². The Morgan fingerprint density at radius 3 is 2.37 bits per heavy atom. The van der Waals surface area contributed by atoms with E-state index in [0.717, 1.165) is 32.4 Å². The molecule has 1 N–H and O–H groups in total. The van der Waals surface area contributed by atoms with Gasteiger partial charge in [-0.3, -0.25) is 9.69 Å². The molecule has 0 spiro atoms.